The fourth-order valence-electron chi connectivity index (χ4n) is 5.36. The lowest BCUT2D eigenvalue weighted by atomic mass is 9.70. The number of benzene rings is 2. The van der Waals surface area contributed by atoms with E-state index in [1.165, 1.54) is 5.56 Å². The zero-order chi connectivity index (χ0) is 20.6. The number of aliphatic hydroxyl groups excluding tert-OH is 1. The van der Waals surface area contributed by atoms with Gasteiger partial charge in [0.1, 0.15) is 6.33 Å². The van der Waals surface area contributed by atoms with Gasteiger partial charge in [0.05, 0.1) is 13.2 Å². The third kappa shape index (κ3) is 3.29. The average Bonchev–Trinajstić information content (AvgIpc) is 3.50. The molecule has 3 aromatic rings. The highest BCUT2D eigenvalue weighted by Crippen LogP contribution is 2.51. The molecule has 7 heteroatoms. The first-order chi connectivity index (χ1) is 14.7. The fourth-order valence-corrected chi connectivity index (χ4v) is 5.36. The minimum atomic E-state index is -0.250. The van der Waals surface area contributed by atoms with Crippen molar-refractivity contribution in [2.45, 2.75) is 44.3 Å². The molecule has 30 heavy (non-hydrogen) atoms. The van der Waals surface area contributed by atoms with Crippen molar-refractivity contribution < 1.29 is 9.90 Å². The maximum atomic E-state index is 13.4. The number of aliphatic hydroxyl groups is 1. The summed E-state index contributed by atoms with van der Waals surface area (Å²) in [6.45, 7) is 0.679. The first-order valence-corrected chi connectivity index (χ1v) is 10.5. The second kappa shape index (κ2) is 7.65. The highest BCUT2D eigenvalue weighted by molar-refractivity contribution is 5.95. The van der Waals surface area contributed by atoms with Crippen LogP contribution < -0.4 is 0 Å². The third-order valence-corrected chi connectivity index (χ3v) is 6.74. The second-order valence-electron chi connectivity index (χ2n) is 8.55. The molecule has 0 spiro atoms. The van der Waals surface area contributed by atoms with Gasteiger partial charge in [0.2, 0.25) is 0 Å². The topological polar surface area (TPSA) is 84.1 Å². The molecule has 2 aliphatic rings. The smallest absolute Gasteiger partial charge is 0.254 e. The molecule has 1 amide bonds. The van der Waals surface area contributed by atoms with Gasteiger partial charge in [-0.05, 0) is 59.4 Å². The molecule has 0 saturated carbocycles. The number of aromatic nitrogens is 4. The van der Waals surface area contributed by atoms with Crippen molar-refractivity contribution in [1.29, 1.82) is 0 Å². The number of nitrogens with zero attached hydrogens (tertiary/aromatic N) is 5. The van der Waals surface area contributed by atoms with Crippen LogP contribution in [0, 0.1) is 5.41 Å². The Morgan fingerprint density at radius 2 is 1.87 bits per heavy atom. The van der Waals surface area contributed by atoms with E-state index in [9.17, 15) is 9.90 Å². The molecule has 0 radical (unpaired) electrons. The molecule has 1 N–H and O–H groups in total. The van der Waals surface area contributed by atoms with E-state index in [0.717, 1.165) is 31.2 Å². The largest absolute Gasteiger partial charge is 0.396 e. The Hall–Kier alpha value is -3.06. The van der Waals surface area contributed by atoms with Crippen molar-refractivity contribution in [3.05, 3.63) is 77.6 Å². The van der Waals surface area contributed by atoms with Crippen LogP contribution in [-0.2, 0) is 13.0 Å². The molecule has 7 nitrogen and oxygen atoms in total. The quantitative estimate of drug-likeness (QED) is 0.683. The number of fused-ring (bicyclic) bond motifs is 2. The van der Waals surface area contributed by atoms with Gasteiger partial charge in [0.15, 0.2) is 0 Å². The number of amides is 1. The molecule has 3 heterocycles. The van der Waals surface area contributed by atoms with E-state index in [4.69, 9.17) is 0 Å². The molecule has 2 fully saturated rings. The highest BCUT2D eigenvalue weighted by Gasteiger charge is 2.57. The van der Waals surface area contributed by atoms with Gasteiger partial charge in [-0.15, -0.1) is 5.10 Å². The summed E-state index contributed by atoms with van der Waals surface area (Å²) in [4.78, 5) is 15.5. The molecule has 0 unspecified atom stereocenters. The number of carbonyl (C=O) groups is 1. The van der Waals surface area contributed by atoms with E-state index < -0.39 is 0 Å². The minimum Gasteiger partial charge on any atom is -0.396 e. The highest BCUT2D eigenvalue weighted by atomic mass is 16.3. The van der Waals surface area contributed by atoms with E-state index in [2.05, 4.69) is 32.6 Å². The van der Waals surface area contributed by atoms with Gasteiger partial charge in [0.25, 0.3) is 5.91 Å². The van der Waals surface area contributed by atoms with Crippen LogP contribution in [0.5, 0.6) is 0 Å². The Balaban J connectivity index is 1.34. The Bertz CT molecular complexity index is 1010. The Morgan fingerprint density at radius 3 is 2.57 bits per heavy atom. The van der Waals surface area contributed by atoms with Crippen molar-refractivity contribution in [2.75, 3.05) is 6.61 Å². The zero-order valence-electron chi connectivity index (χ0n) is 16.8. The van der Waals surface area contributed by atoms with Gasteiger partial charge in [-0.1, -0.05) is 42.5 Å². The number of tetrazole rings is 1. The van der Waals surface area contributed by atoms with Crippen LogP contribution in [0.25, 0.3) is 0 Å². The molecule has 5 rings (SSSR count). The third-order valence-electron chi connectivity index (χ3n) is 6.74. The number of carbonyl (C=O) groups excluding carboxylic acids is 1. The van der Waals surface area contributed by atoms with Crippen LogP contribution in [0.1, 0.15) is 40.7 Å². The van der Waals surface area contributed by atoms with Gasteiger partial charge in [0, 0.05) is 23.1 Å². The van der Waals surface area contributed by atoms with Gasteiger partial charge < -0.3 is 10.0 Å². The second-order valence-corrected chi connectivity index (χ2v) is 8.55. The maximum Gasteiger partial charge on any atom is 0.254 e. The summed E-state index contributed by atoms with van der Waals surface area (Å²) in [6, 6.07) is 18.3. The van der Waals surface area contributed by atoms with Gasteiger partial charge >= 0.3 is 0 Å². The molecule has 3 atom stereocenters. The summed E-state index contributed by atoms with van der Waals surface area (Å²) in [5.41, 5.74) is 2.70. The molecule has 2 saturated heterocycles. The molecule has 2 aliphatic heterocycles. The van der Waals surface area contributed by atoms with Crippen LogP contribution in [0.2, 0.25) is 0 Å². The van der Waals surface area contributed by atoms with Gasteiger partial charge in [-0.2, -0.15) is 0 Å². The zero-order valence-corrected chi connectivity index (χ0v) is 16.8. The summed E-state index contributed by atoms with van der Waals surface area (Å²) < 4.78 is 1.65. The molecular formula is C23H25N5O2. The molecule has 0 aliphatic carbocycles. The van der Waals surface area contributed by atoms with Crippen LogP contribution in [0.15, 0.2) is 60.9 Å². The Kier molecular flexibility index (Phi) is 4.83. The lowest BCUT2D eigenvalue weighted by Crippen LogP contribution is -2.43. The number of hydrogen-bond acceptors (Lipinski definition) is 5. The lowest BCUT2D eigenvalue weighted by molar-refractivity contribution is 0.0571. The lowest BCUT2D eigenvalue weighted by Gasteiger charge is -2.36. The average molecular weight is 403 g/mol. The summed E-state index contributed by atoms with van der Waals surface area (Å²) >= 11 is 0. The first-order valence-electron chi connectivity index (χ1n) is 10.5. The fraction of sp³-hybridized carbons (Fsp3) is 0.391. The Labute approximate surface area is 175 Å². The number of hydrogen-bond donors (Lipinski definition) is 1. The monoisotopic (exact) mass is 403 g/mol. The summed E-state index contributed by atoms with van der Waals surface area (Å²) in [6.07, 6.45) is 5.22. The SMILES string of the molecule is O=C(c1ccc(Cn2cnnn2)cc1)N1[C@H]2CC[C@@H]1[C@@](CO)(Cc1ccccc1)C2. The van der Waals surface area contributed by atoms with Crippen molar-refractivity contribution >= 4 is 5.91 Å². The van der Waals surface area contributed by atoms with Crippen LogP contribution in [-0.4, -0.2) is 54.8 Å². The maximum absolute atomic E-state index is 13.4. The molecule has 1 aromatic heterocycles. The van der Waals surface area contributed by atoms with Crippen molar-refractivity contribution in [2.24, 2.45) is 5.41 Å². The van der Waals surface area contributed by atoms with Crippen molar-refractivity contribution in [3.63, 3.8) is 0 Å². The van der Waals surface area contributed by atoms with Crippen LogP contribution in [0.4, 0.5) is 0 Å². The summed E-state index contributed by atoms with van der Waals surface area (Å²) in [7, 11) is 0. The predicted octanol–water partition coefficient (Wildman–Crippen LogP) is 2.32. The number of rotatable bonds is 6. The van der Waals surface area contributed by atoms with E-state index in [1.807, 2.05) is 42.5 Å². The van der Waals surface area contributed by atoms with Crippen molar-refractivity contribution in [3.8, 4) is 0 Å². The molecular weight excluding hydrogens is 378 g/mol. The van der Waals surface area contributed by atoms with Crippen LogP contribution >= 0.6 is 0 Å². The first kappa shape index (κ1) is 18.9. The van der Waals surface area contributed by atoms with Crippen LogP contribution in [0.3, 0.4) is 0 Å². The predicted molar refractivity (Wildman–Crippen MR) is 111 cm³/mol. The summed E-state index contributed by atoms with van der Waals surface area (Å²) in [5.74, 6) is 0.0693. The van der Waals surface area contributed by atoms with Gasteiger partial charge in [-0.25, -0.2) is 4.68 Å². The van der Waals surface area contributed by atoms with E-state index in [1.54, 1.807) is 11.0 Å². The summed E-state index contributed by atoms with van der Waals surface area (Å²) in [5, 5.41) is 21.5. The minimum absolute atomic E-state index is 0.0693. The Morgan fingerprint density at radius 1 is 1.07 bits per heavy atom. The van der Waals surface area contributed by atoms with E-state index in [-0.39, 0.29) is 30.0 Å². The molecule has 154 valence electrons. The standard InChI is InChI=1S/C23H25N5O2/c29-15-23(12-17-4-2-1-3-5-17)13-20-10-11-21(23)28(20)22(30)19-8-6-18(7-9-19)14-27-16-24-25-26-27/h1-9,16,20-21,29H,10-15H2/t20-,21+,23-/m0/s1. The van der Waals surface area contributed by atoms with Gasteiger partial charge in [-0.3, -0.25) is 4.79 Å². The van der Waals surface area contributed by atoms with E-state index in [0.29, 0.717) is 12.1 Å². The molecule has 2 bridgehead atoms. The van der Waals surface area contributed by atoms with E-state index >= 15 is 0 Å². The molecule has 2 aromatic carbocycles. The van der Waals surface area contributed by atoms with Crippen molar-refractivity contribution in [1.82, 2.24) is 25.1 Å². The normalized spacial score (nSPS) is 25.0.